The molecule has 112 valence electrons. The first-order valence-corrected chi connectivity index (χ1v) is 7.32. The van der Waals surface area contributed by atoms with Gasteiger partial charge < -0.3 is 9.26 Å². The number of halogens is 1. The van der Waals surface area contributed by atoms with Crippen LogP contribution in [0, 0.1) is 10.1 Å². The zero-order valence-electron chi connectivity index (χ0n) is 10.9. The van der Waals surface area contributed by atoms with E-state index in [0.717, 1.165) is 4.88 Å². The van der Waals surface area contributed by atoms with Crippen LogP contribution in [-0.2, 0) is 6.61 Å². The van der Waals surface area contributed by atoms with Gasteiger partial charge in [0, 0.05) is 12.1 Å². The minimum Gasteiger partial charge on any atom is -0.482 e. The number of non-ortho nitro benzene ring substituents is 1. The van der Waals surface area contributed by atoms with Gasteiger partial charge >= 0.3 is 0 Å². The molecule has 0 unspecified atom stereocenters. The fraction of sp³-hybridized carbons (Fsp3) is 0.0769. The van der Waals surface area contributed by atoms with Crippen molar-refractivity contribution >= 4 is 28.6 Å². The van der Waals surface area contributed by atoms with E-state index in [0.29, 0.717) is 11.6 Å². The maximum absolute atomic E-state index is 10.6. The lowest BCUT2D eigenvalue weighted by Gasteiger charge is -2.04. The lowest BCUT2D eigenvalue weighted by Crippen LogP contribution is -1.97. The van der Waals surface area contributed by atoms with Crippen LogP contribution in [0.25, 0.3) is 10.7 Å². The van der Waals surface area contributed by atoms with E-state index in [1.165, 1.54) is 29.5 Å². The summed E-state index contributed by atoms with van der Waals surface area (Å²) in [5, 5.41) is 16.5. The van der Waals surface area contributed by atoms with E-state index in [2.05, 4.69) is 10.1 Å². The van der Waals surface area contributed by atoms with E-state index in [1.807, 2.05) is 17.5 Å². The number of hydrogen-bond acceptors (Lipinski definition) is 7. The minimum absolute atomic E-state index is 0.0237. The standard InChI is InChI=1S/C13H8ClN3O4S/c14-9-6-8(17(18)19)3-4-10(9)20-7-12-15-13(16-21-12)11-2-1-5-22-11/h1-6H,7H2. The molecule has 0 spiro atoms. The van der Waals surface area contributed by atoms with Crippen molar-refractivity contribution in [3.63, 3.8) is 0 Å². The van der Waals surface area contributed by atoms with Crippen LogP contribution in [0.5, 0.6) is 5.75 Å². The Hall–Kier alpha value is -2.45. The number of ether oxygens (including phenoxy) is 1. The van der Waals surface area contributed by atoms with Gasteiger partial charge in [0.15, 0.2) is 6.61 Å². The second-order valence-corrected chi connectivity index (χ2v) is 5.50. The summed E-state index contributed by atoms with van der Waals surface area (Å²) >= 11 is 7.43. The van der Waals surface area contributed by atoms with Gasteiger partial charge in [-0.25, -0.2) is 0 Å². The number of hydrogen-bond donors (Lipinski definition) is 0. The van der Waals surface area contributed by atoms with Gasteiger partial charge in [-0.2, -0.15) is 4.98 Å². The molecule has 2 heterocycles. The Labute approximate surface area is 133 Å². The molecule has 2 aromatic heterocycles. The Kier molecular flexibility index (Phi) is 4.03. The molecule has 0 atom stereocenters. The number of nitro groups is 1. The lowest BCUT2D eigenvalue weighted by molar-refractivity contribution is -0.384. The average Bonchev–Trinajstić information content (AvgIpc) is 3.16. The minimum atomic E-state index is -0.527. The van der Waals surface area contributed by atoms with E-state index in [-0.39, 0.29) is 23.2 Å². The average molecular weight is 338 g/mol. The van der Waals surface area contributed by atoms with Gasteiger partial charge in [-0.05, 0) is 17.5 Å². The smallest absolute Gasteiger partial charge is 0.271 e. The van der Waals surface area contributed by atoms with Crippen molar-refractivity contribution in [1.29, 1.82) is 0 Å². The van der Waals surface area contributed by atoms with E-state index < -0.39 is 4.92 Å². The third kappa shape index (κ3) is 3.07. The van der Waals surface area contributed by atoms with Crippen LogP contribution in [0.15, 0.2) is 40.2 Å². The Morgan fingerprint density at radius 3 is 2.95 bits per heavy atom. The normalized spacial score (nSPS) is 10.6. The summed E-state index contributed by atoms with van der Waals surface area (Å²) in [7, 11) is 0. The molecule has 1 aromatic carbocycles. The summed E-state index contributed by atoms with van der Waals surface area (Å²) in [6.07, 6.45) is 0. The van der Waals surface area contributed by atoms with Crippen LogP contribution in [0.3, 0.4) is 0 Å². The third-order valence-corrected chi connectivity index (χ3v) is 3.85. The molecular formula is C13H8ClN3O4S. The second-order valence-electron chi connectivity index (χ2n) is 4.15. The molecule has 7 nitrogen and oxygen atoms in total. The number of thiophene rings is 1. The zero-order chi connectivity index (χ0) is 15.5. The van der Waals surface area contributed by atoms with Gasteiger partial charge in [0.1, 0.15) is 5.75 Å². The van der Waals surface area contributed by atoms with Gasteiger partial charge in [0.2, 0.25) is 5.82 Å². The lowest BCUT2D eigenvalue weighted by atomic mass is 10.3. The molecular weight excluding hydrogens is 330 g/mol. The molecule has 0 fully saturated rings. The summed E-state index contributed by atoms with van der Waals surface area (Å²) in [5.41, 5.74) is -0.102. The molecule has 0 radical (unpaired) electrons. The SMILES string of the molecule is O=[N+]([O-])c1ccc(OCc2nc(-c3cccs3)no2)c(Cl)c1. The van der Waals surface area contributed by atoms with Crippen molar-refractivity contribution in [3.8, 4) is 16.5 Å². The Morgan fingerprint density at radius 2 is 2.27 bits per heavy atom. The van der Waals surface area contributed by atoms with Crippen LogP contribution in [0.2, 0.25) is 5.02 Å². The first-order valence-electron chi connectivity index (χ1n) is 6.06. The second kappa shape index (κ2) is 6.12. The van der Waals surface area contributed by atoms with E-state index in [1.54, 1.807) is 0 Å². The van der Waals surface area contributed by atoms with Crippen molar-refractivity contribution in [2.75, 3.05) is 0 Å². The first-order chi connectivity index (χ1) is 10.6. The molecule has 0 amide bonds. The van der Waals surface area contributed by atoms with E-state index in [4.69, 9.17) is 20.9 Å². The molecule has 0 N–H and O–H groups in total. The maximum Gasteiger partial charge on any atom is 0.271 e. The molecule has 0 aliphatic rings. The number of aromatic nitrogens is 2. The van der Waals surface area contributed by atoms with Gasteiger partial charge in [0.25, 0.3) is 11.6 Å². The van der Waals surface area contributed by atoms with E-state index >= 15 is 0 Å². The number of nitro benzene ring substituents is 1. The zero-order valence-corrected chi connectivity index (χ0v) is 12.5. The van der Waals surface area contributed by atoms with Crippen LogP contribution in [0.4, 0.5) is 5.69 Å². The highest BCUT2D eigenvalue weighted by molar-refractivity contribution is 7.13. The molecule has 22 heavy (non-hydrogen) atoms. The van der Waals surface area contributed by atoms with Gasteiger partial charge in [-0.3, -0.25) is 10.1 Å². The van der Waals surface area contributed by atoms with E-state index in [9.17, 15) is 10.1 Å². The number of nitrogens with zero attached hydrogens (tertiary/aromatic N) is 3. The van der Waals surface area contributed by atoms with Crippen molar-refractivity contribution < 1.29 is 14.2 Å². The highest BCUT2D eigenvalue weighted by atomic mass is 35.5. The number of benzene rings is 1. The van der Waals surface area contributed by atoms with Crippen LogP contribution < -0.4 is 4.74 Å². The molecule has 0 bridgehead atoms. The van der Waals surface area contributed by atoms with Crippen LogP contribution in [0.1, 0.15) is 5.89 Å². The maximum atomic E-state index is 10.6. The fourth-order valence-electron chi connectivity index (χ4n) is 1.68. The molecule has 0 saturated heterocycles. The summed E-state index contributed by atoms with van der Waals surface area (Å²) in [6, 6.07) is 7.74. The number of rotatable bonds is 5. The van der Waals surface area contributed by atoms with Crippen molar-refractivity contribution in [1.82, 2.24) is 10.1 Å². The molecule has 9 heteroatoms. The summed E-state index contributed by atoms with van der Waals surface area (Å²) < 4.78 is 10.5. The fourth-order valence-corrected chi connectivity index (χ4v) is 2.56. The molecule has 0 saturated carbocycles. The predicted molar refractivity (Wildman–Crippen MR) is 80.0 cm³/mol. The Morgan fingerprint density at radius 1 is 1.41 bits per heavy atom. The monoisotopic (exact) mass is 337 g/mol. The van der Waals surface area contributed by atoms with Gasteiger partial charge in [-0.1, -0.05) is 22.8 Å². The quantitative estimate of drug-likeness (QED) is 0.517. The van der Waals surface area contributed by atoms with Crippen molar-refractivity contribution in [2.45, 2.75) is 6.61 Å². The molecule has 3 aromatic rings. The summed E-state index contributed by atoms with van der Waals surface area (Å²) in [6.45, 7) is 0.0237. The molecule has 0 aliphatic carbocycles. The predicted octanol–water partition coefficient (Wildman–Crippen LogP) is 3.94. The summed E-state index contributed by atoms with van der Waals surface area (Å²) in [5.74, 6) is 1.09. The van der Waals surface area contributed by atoms with Crippen molar-refractivity contribution in [2.24, 2.45) is 0 Å². The highest BCUT2D eigenvalue weighted by Gasteiger charge is 2.13. The molecule has 3 rings (SSSR count). The highest BCUT2D eigenvalue weighted by Crippen LogP contribution is 2.29. The topological polar surface area (TPSA) is 91.3 Å². The van der Waals surface area contributed by atoms with Crippen LogP contribution in [-0.4, -0.2) is 15.1 Å². The largest absolute Gasteiger partial charge is 0.482 e. The van der Waals surface area contributed by atoms with Gasteiger partial charge in [0.05, 0.1) is 14.8 Å². The van der Waals surface area contributed by atoms with Gasteiger partial charge in [-0.15, -0.1) is 11.3 Å². The summed E-state index contributed by atoms with van der Waals surface area (Å²) in [4.78, 5) is 15.2. The first kappa shape index (κ1) is 14.5. The van der Waals surface area contributed by atoms with Crippen LogP contribution >= 0.6 is 22.9 Å². The third-order valence-electron chi connectivity index (χ3n) is 2.69. The Bertz CT molecular complexity index is 803. The van der Waals surface area contributed by atoms with Crippen molar-refractivity contribution in [3.05, 3.63) is 56.7 Å². The Balaban J connectivity index is 1.69. The molecule has 0 aliphatic heterocycles.